The van der Waals surface area contributed by atoms with Gasteiger partial charge in [0.2, 0.25) is 0 Å². The van der Waals surface area contributed by atoms with Gasteiger partial charge in [-0.3, -0.25) is 9.59 Å². The van der Waals surface area contributed by atoms with Crippen molar-refractivity contribution in [1.82, 2.24) is 0 Å². The number of Topliss-reactive ketones (excluding diaryl/α,β-unsaturated/α-hetero) is 1. The van der Waals surface area contributed by atoms with Crippen LogP contribution in [0.15, 0.2) is 59.7 Å². The van der Waals surface area contributed by atoms with Crippen LogP contribution in [0, 0.1) is 23.1 Å². The largest absolute Gasteiger partial charge is 0.412 e. The Morgan fingerprint density at radius 2 is 1.78 bits per heavy atom. The lowest BCUT2D eigenvalue weighted by molar-refractivity contribution is -0.113. The van der Waals surface area contributed by atoms with Crippen molar-refractivity contribution in [3.8, 4) is 11.1 Å². The Bertz CT molecular complexity index is 1280. The standard InChI is InChI=1S/C30H28F4O2/c1-17(2)19-11-21-12-20(14-27(36)28(21)25(13-19)18-3-7-24(31)8-4-18)26-9-10-29(26)15-22(30(32,33)34)5-6-23(29)16-35/h3-8,11,13,16-17,20,26H,9-10,12,14-15H2,1-2H3. The molecular formula is C30H28F4O2. The fraction of sp³-hybridized carbons (Fsp3) is 0.400. The minimum atomic E-state index is -4.44. The lowest BCUT2D eigenvalue weighted by atomic mass is 9.48. The number of ketones is 1. The van der Waals surface area contributed by atoms with E-state index in [0.29, 0.717) is 36.7 Å². The number of rotatable bonds is 4. The number of hydrogen-bond donors (Lipinski definition) is 0. The first-order chi connectivity index (χ1) is 17.0. The monoisotopic (exact) mass is 496 g/mol. The number of aldehydes is 1. The molecule has 188 valence electrons. The van der Waals surface area contributed by atoms with E-state index in [1.807, 2.05) is 12.1 Å². The van der Waals surface area contributed by atoms with Crippen LogP contribution in [0.2, 0.25) is 0 Å². The average molecular weight is 497 g/mol. The van der Waals surface area contributed by atoms with E-state index >= 15 is 0 Å². The molecule has 3 aliphatic carbocycles. The van der Waals surface area contributed by atoms with Gasteiger partial charge in [0.05, 0.1) is 0 Å². The van der Waals surface area contributed by atoms with Crippen molar-refractivity contribution in [2.45, 2.75) is 58.0 Å². The zero-order valence-electron chi connectivity index (χ0n) is 20.3. The zero-order chi connectivity index (χ0) is 25.8. The van der Waals surface area contributed by atoms with Gasteiger partial charge in [0.1, 0.15) is 12.1 Å². The molecule has 3 aliphatic rings. The molecule has 2 aromatic rings. The van der Waals surface area contributed by atoms with Crippen molar-refractivity contribution < 1.29 is 27.2 Å². The molecule has 0 heterocycles. The Hall–Kier alpha value is -3.02. The summed E-state index contributed by atoms with van der Waals surface area (Å²) in [6, 6.07) is 10.1. The van der Waals surface area contributed by atoms with Gasteiger partial charge in [0.15, 0.2) is 5.78 Å². The SMILES string of the molecule is CC(C)c1cc2c(c(-c3ccc(F)cc3)c1)C(=O)CC(C1CCC13CC(C(F)(F)F)=CC=C3C=O)C2. The van der Waals surface area contributed by atoms with Crippen LogP contribution in [0.3, 0.4) is 0 Å². The third-order valence-electron chi connectivity index (χ3n) is 8.49. The van der Waals surface area contributed by atoms with Crippen LogP contribution in [0.1, 0.15) is 66.9 Å². The predicted molar refractivity (Wildman–Crippen MR) is 130 cm³/mol. The van der Waals surface area contributed by atoms with E-state index in [9.17, 15) is 27.2 Å². The molecule has 1 spiro atoms. The highest BCUT2D eigenvalue weighted by Gasteiger charge is 2.56. The Balaban J connectivity index is 1.53. The highest BCUT2D eigenvalue weighted by molar-refractivity contribution is 6.05. The van der Waals surface area contributed by atoms with Crippen molar-refractivity contribution >= 4 is 12.1 Å². The van der Waals surface area contributed by atoms with Gasteiger partial charge in [-0.05, 0) is 83.4 Å². The fourth-order valence-electron chi connectivity index (χ4n) is 6.52. The topological polar surface area (TPSA) is 34.1 Å². The van der Waals surface area contributed by atoms with Gasteiger partial charge >= 0.3 is 6.18 Å². The third-order valence-corrected chi connectivity index (χ3v) is 8.49. The molecule has 0 radical (unpaired) electrons. The number of alkyl halides is 3. The molecule has 1 fully saturated rings. The van der Waals surface area contributed by atoms with E-state index in [4.69, 9.17) is 0 Å². The van der Waals surface area contributed by atoms with Crippen LogP contribution in [-0.2, 0) is 11.2 Å². The molecule has 6 heteroatoms. The molecule has 2 aromatic carbocycles. The zero-order valence-corrected chi connectivity index (χ0v) is 20.3. The van der Waals surface area contributed by atoms with E-state index in [2.05, 4.69) is 13.8 Å². The van der Waals surface area contributed by atoms with Crippen molar-refractivity contribution in [2.75, 3.05) is 0 Å². The molecule has 0 aliphatic heterocycles. The fourth-order valence-corrected chi connectivity index (χ4v) is 6.52. The Kier molecular flexibility index (Phi) is 6.05. The van der Waals surface area contributed by atoms with E-state index in [-0.39, 0.29) is 42.2 Å². The number of hydrogen-bond acceptors (Lipinski definition) is 2. The number of benzene rings is 2. The summed E-state index contributed by atoms with van der Waals surface area (Å²) in [6.07, 6.45) is 0.393. The molecule has 0 amide bonds. The normalized spacial score (nSPS) is 25.8. The second kappa shape index (κ2) is 8.82. The molecule has 0 saturated heterocycles. The summed E-state index contributed by atoms with van der Waals surface area (Å²) in [7, 11) is 0. The molecule has 0 N–H and O–H groups in total. The van der Waals surface area contributed by atoms with Gasteiger partial charge in [-0.1, -0.05) is 50.3 Å². The second-order valence-corrected chi connectivity index (χ2v) is 10.8. The first-order valence-corrected chi connectivity index (χ1v) is 12.4. The number of carbonyl (C=O) groups excluding carboxylic acids is 2. The summed E-state index contributed by atoms with van der Waals surface area (Å²) < 4.78 is 54.4. The summed E-state index contributed by atoms with van der Waals surface area (Å²) in [6.45, 7) is 4.13. The van der Waals surface area contributed by atoms with Gasteiger partial charge in [-0.2, -0.15) is 13.2 Å². The van der Waals surface area contributed by atoms with E-state index < -0.39 is 17.2 Å². The molecule has 36 heavy (non-hydrogen) atoms. The highest BCUT2D eigenvalue weighted by Crippen LogP contribution is 2.62. The lowest BCUT2D eigenvalue weighted by Crippen LogP contribution is -2.49. The smallest absolute Gasteiger partial charge is 0.298 e. The predicted octanol–water partition coefficient (Wildman–Crippen LogP) is 7.78. The van der Waals surface area contributed by atoms with E-state index in [1.165, 1.54) is 18.2 Å². The van der Waals surface area contributed by atoms with Crippen LogP contribution in [0.25, 0.3) is 11.1 Å². The summed E-state index contributed by atoms with van der Waals surface area (Å²) in [5.41, 5.74) is 3.05. The van der Waals surface area contributed by atoms with Crippen LogP contribution >= 0.6 is 0 Å². The molecular weight excluding hydrogens is 468 g/mol. The van der Waals surface area contributed by atoms with Crippen molar-refractivity contribution in [3.63, 3.8) is 0 Å². The highest BCUT2D eigenvalue weighted by atomic mass is 19.4. The molecule has 0 bridgehead atoms. The maximum absolute atomic E-state index is 13.6. The minimum absolute atomic E-state index is 0.0445. The van der Waals surface area contributed by atoms with E-state index in [1.54, 1.807) is 12.1 Å². The van der Waals surface area contributed by atoms with Gasteiger partial charge in [0, 0.05) is 23.0 Å². The molecule has 0 aromatic heterocycles. The first-order valence-electron chi connectivity index (χ1n) is 12.4. The summed E-state index contributed by atoms with van der Waals surface area (Å²) in [5.74, 6) is -0.514. The summed E-state index contributed by atoms with van der Waals surface area (Å²) in [4.78, 5) is 25.5. The van der Waals surface area contributed by atoms with Gasteiger partial charge < -0.3 is 0 Å². The quantitative estimate of drug-likeness (QED) is 0.320. The van der Waals surface area contributed by atoms with Crippen LogP contribution < -0.4 is 0 Å². The van der Waals surface area contributed by atoms with Gasteiger partial charge in [0.25, 0.3) is 0 Å². The van der Waals surface area contributed by atoms with Crippen molar-refractivity contribution in [3.05, 3.63) is 82.2 Å². The molecule has 3 atom stereocenters. The van der Waals surface area contributed by atoms with Crippen molar-refractivity contribution in [1.29, 1.82) is 0 Å². The number of fused-ring (bicyclic) bond motifs is 1. The maximum Gasteiger partial charge on any atom is 0.412 e. The maximum atomic E-state index is 13.6. The van der Waals surface area contributed by atoms with Crippen LogP contribution in [0.4, 0.5) is 17.6 Å². The van der Waals surface area contributed by atoms with Gasteiger partial charge in [-0.25, -0.2) is 4.39 Å². The molecule has 5 rings (SSSR count). The Morgan fingerprint density at radius 3 is 2.36 bits per heavy atom. The lowest BCUT2D eigenvalue weighted by Gasteiger charge is -2.55. The van der Waals surface area contributed by atoms with E-state index in [0.717, 1.165) is 28.3 Å². The Morgan fingerprint density at radius 1 is 1.06 bits per heavy atom. The molecule has 3 unspecified atom stereocenters. The summed E-state index contributed by atoms with van der Waals surface area (Å²) in [5, 5.41) is 0. The minimum Gasteiger partial charge on any atom is -0.298 e. The first kappa shape index (κ1) is 24.7. The number of carbonyl (C=O) groups is 2. The average Bonchev–Trinajstić information content (AvgIpc) is 2.82. The third kappa shape index (κ3) is 4.04. The number of allylic oxidation sites excluding steroid dienone is 4. The second-order valence-electron chi connectivity index (χ2n) is 10.8. The van der Waals surface area contributed by atoms with Gasteiger partial charge in [-0.15, -0.1) is 0 Å². The summed E-state index contributed by atoms with van der Waals surface area (Å²) >= 11 is 0. The Labute approximate surface area is 208 Å². The van der Waals surface area contributed by atoms with Crippen molar-refractivity contribution in [2.24, 2.45) is 17.3 Å². The van der Waals surface area contributed by atoms with Crippen LogP contribution in [0.5, 0.6) is 0 Å². The van der Waals surface area contributed by atoms with Crippen LogP contribution in [-0.4, -0.2) is 18.2 Å². The molecule has 2 nitrogen and oxygen atoms in total. The molecule has 1 saturated carbocycles. The number of halogens is 4.